The predicted octanol–water partition coefficient (Wildman–Crippen LogP) is 4.46. The summed E-state index contributed by atoms with van der Waals surface area (Å²) in [7, 11) is -2.85. The molecule has 0 saturated carbocycles. The molecule has 2 aliphatic rings. The quantitative estimate of drug-likeness (QED) is 0.322. The predicted molar refractivity (Wildman–Crippen MR) is 143 cm³/mol. The van der Waals surface area contributed by atoms with Crippen molar-refractivity contribution in [3.8, 4) is 11.4 Å². The van der Waals surface area contributed by atoms with Crippen LogP contribution >= 0.6 is 0 Å². The van der Waals surface area contributed by atoms with Gasteiger partial charge in [0.25, 0.3) is 0 Å². The fourth-order valence-corrected chi connectivity index (χ4v) is 7.02. The van der Waals surface area contributed by atoms with Gasteiger partial charge in [-0.25, -0.2) is 21.9 Å². The van der Waals surface area contributed by atoms with E-state index in [4.69, 9.17) is 4.74 Å². The van der Waals surface area contributed by atoms with Crippen LogP contribution in [0.4, 0.5) is 8.78 Å². The zero-order chi connectivity index (χ0) is 28.1. The lowest BCUT2D eigenvalue weighted by atomic mass is 9.65. The number of ether oxygens (including phenoxy) is 1. The first-order valence-electron chi connectivity index (χ1n) is 12.6. The van der Waals surface area contributed by atoms with Crippen molar-refractivity contribution < 1.29 is 26.7 Å². The average Bonchev–Trinajstić information content (AvgIpc) is 3.38. The van der Waals surface area contributed by atoms with Gasteiger partial charge in [0.1, 0.15) is 11.5 Å². The van der Waals surface area contributed by atoms with Gasteiger partial charge in [-0.2, -0.15) is 9.40 Å². The summed E-state index contributed by atoms with van der Waals surface area (Å²) in [6.45, 7) is -0.0511. The number of benzene rings is 2. The molecule has 204 valence electrons. The van der Waals surface area contributed by atoms with Crippen molar-refractivity contribution >= 4 is 21.9 Å². The fraction of sp³-hybridized carbons (Fsp3) is 0.207. The van der Waals surface area contributed by atoms with Gasteiger partial charge in [0.2, 0.25) is 10.0 Å². The van der Waals surface area contributed by atoms with Gasteiger partial charge in [-0.15, -0.1) is 0 Å². The van der Waals surface area contributed by atoms with Crippen molar-refractivity contribution in [3.05, 3.63) is 107 Å². The molecule has 1 aliphatic carbocycles. The molecule has 6 rings (SSSR count). The number of rotatable bonds is 6. The highest BCUT2D eigenvalue weighted by Gasteiger charge is 2.51. The number of hydrogen-bond donors (Lipinski definition) is 0. The molecule has 1 unspecified atom stereocenters. The molecule has 0 N–H and O–H groups in total. The number of hydrogen-bond acceptors (Lipinski definition) is 6. The van der Waals surface area contributed by atoms with Gasteiger partial charge in [0, 0.05) is 19.3 Å². The maximum atomic E-state index is 14.5. The zero-order valence-electron chi connectivity index (χ0n) is 21.4. The maximum absolute atomic E-state index is 14.5. The number of ketones is 1. The Balaban J connectivity index is 1.44. The van der Waals surface area contributed by atoms with Gasteiger partial charge < -0.3 is 4.74 Å². The Kier molecular flexibility index (Phi) is 6.35. The van der Waals surface area contributed by atoms with Gasteiger partial charge >= 0.3 is 0 Å². The molecule has 1 saturated heterocycles. The van der Waals surface area contributed by atoms with Crippen molar-refractivity contribution in [3.63, 3.8) is 0 Å². The Labute approximate surface area is 229 Å². The highest BCUT2D eigenvalue weighted by Crippen LogP contribution is 2.47. The molecule has 0 amide bonds. The minimum absolute atomic E-state index is 0.0670. The second kappa shape index (κ2) is 9.76. The minimum Gasteiger partial charge on any atom is -0.494 e. The van der Waals surface area contributed by atoms with Crippen molar-refractivity contribution in [1.82, 2.24) is 19.1 Å². The third-order valence-corrected chi connectivity index (χ3v) is 9.39. The van der Waals surface area contributed by atoms with Crippen LogP contribution in [0, 0.1) is 17.0 Å². The van der Waals surface area contributed by atoms with Gasteiger partial charge in [-0.3, -0.25) is 9.78 Å². The Morgan fingerprint density at radius 1 is 1.07 bits per heavy atom. The van der Waals surface area contributed by atoms with Crippen LogP contribution in [0.3, 0.4) is 0 Å². The number of Topliss-reactive ketones (excluding diaryl/α,β-unsaturated/α-hetero) is 1. The van der Waals surface area contributed by atoms with Crippen LogP contribution < -0.4 is 4.74 Å². The summed E-state index contributed by atoms with van der Waals surface area (Å²) in [5.74, 6) is -1.53. The molecule has 0 bridgehead atoms. The molecule has 8 nitrogen and oxygen atoms in total. The molecular formula is C29H24F2N4O4S. The smallest absolute Gasteiger partial charge is 0.243 e. The Hall–Kier alpha value is -4.22. The minimum atomic E-state index is -4.15. The highest BCUT2D eigenvalue weighted by molar-refractivity contribution is 7.89. The van der Waals surface area contributed by atoms with Crippen LogP contribution in [-0.2, 0) is 16.4 Å². The zero-order valence-corrected chi connectivity index (χ0v) is 22.2. The van der Waals surface area contributed by atoms with Crippen molar-refractivity contribution in [2.75, 3.05) is 20.2 Å². The lowest BCUT2D eigenvalue weighted by Crippen LogP contribution is -2.53. The molecule has 11 heteroatoms. The summed E-state index contributed by atoms with van der Waals surface area (Å²) in [6.07, 6.45) is 5.50. The van der Waals surface area contributed by atoms with Gasteiger partial charge in [0.05, 0.1) is 35.0 Å². The summed E-state index contributed by atoms with van der Waals surface area (Å²) in [4.78, 5) is 18.2. The summed E-state index contributed by atoms with van der Waals surface area (Å²) < 4.78 is 63.3. The largest absolute Gasteiger partial charge is 0.494 e. The normalized spacial score (nSPS) is 18.9. The van der Waals surface area contributed by atoms with E-state index >= 15 is 0 Å². The van der Waals surface area contributed by atoms with E-state index < -0.39 is 21.3 Å². The van der Waals surface area contributed by atoms with Crippen LogP contribution in [0.15, 0.2) is 83.5 Å². The number of sulfonamides is 1. The molecule has 2 aromatic heterocycles. The van der Waals surface area contributed by atoms with Crippen LogP contribution in [0.1, 0.15) is 28.2 Å². The molecule has 1 atom stereocenters. The molecule has 4 aromatic rings. The lowest BCUT2D eigenvalue weighted by Gasteiger charge is -2.44. The highest BCUT2D eigenvalue weighted by atomic mass is 32.2. The van der Waals surface area contributed by atoms with E-state index in [1.807, 2.05) is 6.08 Å². The van der Waals surface area contributed by atoms with E-state index in [-0.39, 0.29) is 53.9 Å². The summed E-state index contributed by atoms with van der Waals surface area (Å²) in [5.41, 5.74) is 1.88. The summed E-state index contributed by atoms with van der Waals surface area (Å²) >= 11 is 0. The van der Waals surface area contributed by atoms with Crippen LogP contribution in [0.25, 0.3) is 11.8 Å². The second-order valence-electron chi connectivity index (χ2n) is 9.80. The molecule has 2 aromatic carbocycles. The van der Waals surface area contributed by atoms with Gasteiger partial charge in [-0.05, 0) is 79.1 Å². The first kappa shape index (κ1) is 26.0. The van der Waals surface area contributed by atoms with E-state index in [1.54, 1.807) is 41.2 Å². The average molecular weight is 563 g/mol. The monoisotopic (exact) mass is 562 g/mol. The number of fused-ring (bicyclic) bond motifs is 2. The number of carbonyl (C=O) groups excluding carboxylic acids is 1. The number of aromatic nitrogens is 3. The number of carbonyl (C=O) groups is 1. The topological polar surface area (TPSA) is 94.4 Å². The lowest BCUT2D eigenvalue weighted by molar-refractivity contribution is 0.0770. The maximum Gasteiger partial charge on any atom is 0.243 e. The second-order valence-corrected chi connectivity index (χ2v) is 11.7. The van der Waals surface area contributed by atoms with Crippen LogP contribution in [0.5, 0.6) is 5.75 Å². The number of piperidine rings is 1. The van der Waals surface area contributed by atoms with E-state index in [2.05, 4.69) is 10.1 Å². The van der Waals surface area contributed by atoms with Crippen molar-refractivity contribution in [2.45, 2.75) is 17.7 Å². The number of pyridine rings is 1. The Morgan fingerprint density at radius 2 is 1.88 bits per heavy atom. The summed E-state index contributed by atoms with van der Waals surface area (Å²) in [5, 5.41) is 4.50. The SMILES string of the molecule is COc1ccc(S(=O)(=O)N2CCC3=Cc4c(cnn4-c4ccc(F)cc4)CC3(C(=O)c3ccccn3)C2)cc1F. The number of methoxy groups -OCH3 is 1. The molecular weight excluding hydrogens is 538 g/mol. The molecule has 1 fully saturated rings. The summed E-state index contributed by atoms with van der Waals surface area (Å²) in [6, 6.07) is 14.4. The van der Waals surface area contributed by atoms with Gasteiger partial charge in [0.15, 0.2) is 17.3 Å². The number of nitrogens with zero attached hydrogens (tertiary/aromatic N) is 4. The van der Waals surface area contributed by atoms with Crippen molar-refractivity contribution in [1.29, 1.82) is 0 Å². The van der Waals surface area contributed by atoms with Crippen molar-refractivity contribution in [2.24, 2.45) is 5.41 Å². The molecule has 40 heavy (non-hydrogen) atoms. The van der Waals surface area contributed by atoms with Gasteiger partial charge in [-0.1, -0.05) is 11.6 Å². The molecule has 0 spiro atoms. The van der Waals surface area contributed by atoms with E-state index in [0.29, 0.717) is 5.69 Å². The van der Waals surface area contributed by atoms with Crippen LogP contribution in [0.2, 0.25) is 0 Å². The first-order valence-corrected chi connectivity index (χ1v) is 14.0. The Morgan fingerprint density at radius 3 is 2.58 bits per heavy atom. The van der Waals surface area contributed by atoms with E-state index in [1.165, 1.54) is 41.9 Å². The first-order chi connectivity index (χ1) is 19.2. The Bertz CT molecular complexity index is 1750. The van der Waals surface area contributed by atoms with E-state index in [9.17, 15) is 22.0 Å². The third kappa shape index (κ3) is 4.22. The van der Waals surface area contributed by atoms with Crippen LogP contribution in [-0.4, -0.2) is 53.5 Å². The fourth-order valence-electron chi connectivity index (χ4n) is 5.51. The number of halogens is 2. The molecule has 0 radical (unpaired) electrons. The molecule has 3 heterocycles. The molecule has 1 aliphatic heterocycles. The van der Waals surface area contributed by atoms with E-state index in [0.717, 1.165) is 22.9 Å². The third-order valence-electron chi connectivity index (χ3n) is 7.55. The standard InChI is InChI=1S/C29H24F2N4O4S/c1-39-27-10-9-23(15-24(27)31)40(37,38)34-13-11-20-14-26-19(17-33-35(26)22-7-5-21(30)6-8-22)16-29(20,18-34)28(36)25-4-2-3-12-32-25/h2-10,12,14-15,17H,11,13,16,18H2,1H3.